The van der Waals surface area contributed by atoms with E-state index < -0.39 is 12.5 Å². The second-order valence-electron chi connectivity index (χ2n) is 7.02. The lowest BCUT2D eigenvalue weighted by Gasteiger charge is -2.12. The molecule has 0 unspecified atom stereocenters. The Kier molecular flexibility index (Phi) is 7.88. The Hall–Kier alpha value is -3.99. The molecule has 180 valence electrons. The van der Waals surface area contributed by atoms with Crippen LogP contribution in [0.25, 0.3) is 17.1 Å². The van der Waals surface area contributed by atoms with Crippen LogP contribution in [0.2, 0.25) is 0 Å². The van der Waals surface area contributed by atoms with Crippen LogP contribution >= 0.6 is 11.8 Å². The molecule has 4 aromatic rings. The van der Waals surface area contributed by atoms with Crippen LogP contribution in [0.3, 0.4) is 0 Å². The third-order valence-corrected chi connectivity index (χ3v) is 5.60. The Balaban J connectivity index is 1.56. The van der Waals surface area contributed by atoms with Gasteiger partial charge in [-0.3, -0.25) is 14.3 Å². The average molecular weight is 498 g/mol. The van der Waals surface area contributed by atoms with Crippen molar-refractivity contribution in [3.8, 4) is 28.6 Å². The number of anilines is 1. The largest absolute Gasteiger partial charge is 0.494 e. The first-order valence-corrected chi connectivity index (χ1v) is 11.6. The summed E-state index contributed by atoms with van der Waals surface area (Å²) in [6.07, 6.45) is 3.34. The van der Waals surface area contributed by atoms with Crippen molar-refractivity contribution in [3.63, 3.8) is 0 Å². The molecular weight excluding hydrogens is 476 g/mol. The van der Waals surface area contributed by atoms with Gasteiger partial charge in [-0.2, -0.15) is 8.78 Å². The average Bonchev–Trinajstić information content (AvgIpc) is 3.29. The van der Waals surface area contributed by atoms with Crippen LogP contribution in [0.5, 0.6) is 11.5 Å². The Labute approximate surface area is 204 Å². The summed E-state index contributed by atoms with van der Waals surface area (Å²) in [4.78, 5) is 16.8. The zero-order valence-electron chi connectivity index (χ0n) is 18.6. The minimum Gasteiger partial charge on any atom is -0.494 e. The van der Waals surface area contributed by atoms with Crippen molar-refractivity contribution in [2.45, 2.75) is 18.7 Å². The van der Waals surface area contributed by atoms with E-state index in [0.717, 1.165) is 28.8 Å². The molecule has 0 fully saturated rings. The smallest absolute Gasteiger partial charge is 0.387 e. The number of carbonyl (C=O) groups excluding carboxylic acids is 1. The standard InChI is InChI=1S/C24H21F2N5O3S/c1-2-33-18-11-9-17(10-12-18)31-22(16-6-5-13-27-14-16)29-30-24(31)35-15-21(32)28-19-7-3-4-8-20(19)34-23(25)26/h3-14,23H,2,15H2,1H3,(H,28,32). The summed E-state index contributed by atoms with van der Waals surface area (Å²) in [7, 11) is 0. The fourth-order valence-corrected chi connectivity index (χ4v) is 3.97. The van der Waals surface area contributed by atoms with Crippen molar-refractivity contribution < 1.29 is 23.0 Å². The van der Waals surface area contributed by atoms with Crippen LogP contribution in [-0.4, -0.2) is 44.6 Å². The van der Waals surface area contributed by atoms with Gasteiger partial charge in [0.25, 0.3) is 0 Å². The highest BCUT2D eigenvalue weighted by molar-refractivity contribution is 7.99. The monoisotopic (exact) mass is 497 g/mol. The zero-order chi connectivity index (χ0) is 24.6. The van der Waals surface area contributed by atoms with Crippen molar-refractivity contribution in [1.82, 2.24) is 19.7 Å². The molecule has 1 N–H and O–H groups in total. The molecule has 0 aliphatic rings. The number of halogens is 2. The molecule has 2 heterocycles. The van der Waals surface area contributed by atoms with Gasteiger partial charge < -0.3 is 14.8 Å². The van der Waals surface area contributed by atoms with E-state index in [0.29, 0.717) is 17.6 Å². The number of thioether (sulfide) groups is 1. The Morgan fingerprint density at radius 2 is 1.89 bits per heavy atom. The van der Waals surface area contributed by atoms with Crippen LogP contribution in [0, 0.1) is 0 Å². The van der Waals surface area contributed by atoms with Gasteiger partial charge in [0.05, 0.1) is 18.0 Å². The number of rotatable bonds is 10. The van der Waals surface area contributed by atoms with E-state index in [1.165, 1.54) is 12.1 Å². The number of aromatic nitrogens is 4. The molecule has 0 saturated carbocycles. The van der Waals surface area contributed by atoms with Crippen LogP contribution in [0.15, 0.2) is 78.2 Å². The predicted molar refractivity (Wildman–Crippen MR) is 128 cm³/mol. The van der Waals surface area contributed by atoms with Gasteiger partial charge in [0, 0.05) is 23.6 Å². The van der Waals surface area contributed by atoms with Crippen LogP contribution in [0.1, 0.15) is 6.92 Å². The highest BCUT2D eigenvalue weighted by Gasteiger charge is 2.18. The number of pyridine rings is 1. The quantitative estimate of drug-likeness (QED) is 0.306. The van der Waals surface area contributed by atoms with E-state index in [2.05, 4.69) is 25.2 Å². The summed E-state index contributed by atoms with van der Waals surface area (Å²) in [5.41, 5.74) is 1.68. The lowest BCUT2D eigenvalue weighted by atomic mass is 10.2. The number of nitrogens with one attached hydrogen (secondary N) is 1. The number of alkyl halides is 2. The summed E-state index contributed by atoms with van der Waals surface area (Å²) in [5.74, 6) is 0.721. The van der Waals surface area contributed by atoms with Gasteiger partial charge in [0.2, 0.25) is 5.91 Å². The second-order valence-corrected chi connectivity index (χ2v) is 7.96. The summed E-state index contributed by atoms with van der Waals surface area (Å²) < 4.78 is 37.1. The fraction of sp³-hybridized carbons (Fsp3) is 0.167. The van der Waals surface area contributed by atoms with Crippen LogP contribution in [0.4, 0.5) is 14.5 Å². The third kappa shape index (κ3) is 6.12. The maximum atomic E-state index is 12.7. The number of nitrogens with zero attached hydrogens (tertiary/aromatic N) is 4. The molecule has 2 aromatic carbocycles. The molecule has 2 aromatic heterocycles. The SMILES string of the molecule is CCOc1ccc(-n2c(SCC(=O)Nc3ccccc3OC(F)F)nnc2-c2cccnc2)cc1. The van der Waals surface area contributed by atoms with Gasteiger partial charge >= 0.3 is 6.61 Å². The van der Waals surface area contributed by atoms with Crippen molar-refractivity contribution in [1.29, 1.82) is 0 Å². The predicted octanol–water partition coefficient (Wildman–Crippen LogP) is 5.06. The molecule has 0 bridgehead atoms. The number of para-hydroxylation sites is 2. The van der Waals surface area contributed by atoms with Gasteiger partial charge in [-0.15, -0.1) is 10.2 Å². The molecule has 11 heteroatoms. The van der Waals surface area contributed by atoms with Crippen molar-refractivity contribution in [2.24, 2.45) is 0 Å². The maximum absolute atomic E-state index is 12.7. The third-order valence-electron chi connectivity index (χ3n) is 4.67. The molecular formula is C24H21F2N5O3S. The van der Waals surface area contributed by atoms with Crippen LogP contribution < -0.4 is 14.8 Å². The Morgan fingerprint density at radius 1 is 1.09 bits per heavy atom. The van der Waals surface area contributed by atoms with E-state index in [1.807, 2.05) is 41.8 Å². The fourth-order valence-electron chi connectivity index (χ4n) is 3.22. The maximum Gasteiger partial charge on any atom is 0.387 e. The summed E-state index contributed by atoms with van der Waals surface area (Å²) in [6, 6.07) is 17.1. The highest BCUT2D eigenvalue weighted by atomic mass is 32.2. The molecule has 0 aliphatic heterocycles. The second kappa shape index (κ2) is 11.4. The summed E-state index contributed by atoms with van der Waals surface area (Å²) in [6.45, 7) is -0.540. The van der Waals surface area contributed by atoms with Crippen molar-refractivity contribution in [3.05, 3.63) is 73.1 Å². The number of carbonyl (C=O) groups is 1. The van der Waals surface area contributed by atoms with Gasteiger partial charge in [0.1, 0.15) is 11.5 Å². The normalized spacial score (nSPS) is 10.9. The molecule has 0 saturated heterocycles. The minimum atomic E-state index is -3.00. The van der Waals surface area contributed by atoms with E-state index >= 15 is 0 Å². The number of amides is 1. The lowest BCUT2D eigenvalue weighted by molar-refractivity contribution is -0.113. The first kappa shape index (κ1) is 24.1. The first-order chi connectivity index (χ1) is 17.0. The number of benzene rings is 2. The number of ether oxygens (including phenoxy) is 2. The molecule has 35 heavy (non-hydrogen) atoms. The van der Waals surface area contributed by atoms with E-state index in [-0.39, 0.29) is 17.2 Å². The molecule has 8 nitrogen and oxygen atoms in total. The molecule has 0 spiro atoms. The first-order valence-electron chi connectivity index (χ1n) is 10.6. The molecule has 4 rings (SSSR count). The molecule has 0 atom stereocenters. The lowest BCUT2D eigenvalue weighted by Crippen LogP contribution is -2.16. The van der Waals surface area contributed by atoms with Gasteiger partial charge in [-0.05, 0) is 55.5 Å². The minimum absolute atomic E-state index is 0.0365. The molecule has 1 amide bonds. The zero-order valence-corrected chi connectivity index (χ0v) is 19.4. The van der Waals surface area contributed by atoms with Gasteiger partial charge in [-0.1, -0.05) is 23.9 Å². The van der Waals surface area contributed by atoms with E-state index in [9.17, 15) is 13.6 Å². The molecule has 0 aliphatic carbocycles. The number of hydrogen-bond donors (Lipinski definition) is 1. The van der Waals surface area contributed by atoms with E-state index in [4.69, 9.17) is 4.74 Å². The van der Waals surface area contributed by atoms with Crippen molar-refractivity contribution >= 4 is 23.4 Å². The van der Waals surface area contributed by atoms with Crippen molar-refractivity contribution in [2.75, 3.05) is 17.7 Å². The summed E-state index contributed by atoms with van der Waals surface area (Å²) in [5, 5.41) is 11.7. The van der Waals surface area contributed by atoms with Crippen LogP contribution in [-0.2, 0) is 4.79 Å². The van der Waals surface area contributed by atoms with E-state index in [1.54, 1.807) is 30.6 Å². The molecule has 0 radical (unpaired) electrons. The Bertz CT molecular complexity index is 1270. The van der Waals surface area contributed by atoms with Gasteiger partial charge in [0.15, 0.2) is 11.0 Å². The number of hydrogen-bond acceptors (Lipinski definition) is 7. The topological polar surface area (TPSA) is 91.2 Å². The summed E-state index contributed by atoms with van der Waals surface area (Å²) >= 11 is 1.16. The highest BCUT2D eigenvalue weighted by Crippen LogP contribution is 2.30. The Morgan fingerprint density at radius 3 is 2.60 bits per heavy atom. The van der Waals surface area contributed by atoms with Gasteiger partial charge in [-0.25, -0.2) is 0 Å².